The molecule has 1 aliphatic rings. The number of unbranched alkanes of at least 4 members (excludes halogenated alkanes) is 1. The zero-order valence-electron chi connectivity index (χ0n) is 12.2. The number of hydrogen-bond donors (Lipinski definition) is 1. The molecule has 17 heavy (non-hydrogen) atoms. The highest BCUT2D eigenvalue weighted by Crippen LogP contribution is 2.10. The third kappa shape index (κ3) is 7.02. The Hall–Kier alpha value is -0.120. The minimum atomic E-state index is 0.720. The van der Waals surface area contributed by atoms with Gasteiger partial charge in [-0.1, -0.05) is 13.8 Å². The summed E-state index contributed by atoms with van der Waals surface area (Å²) in [5.41, 5.74) is 0. The largest absolute Gasteiger partial charge is 0.311 e. The van der Waals surface area contributed by atoms with Gasteiger partial charge in [0.1, 0.15) is 0 Å². The Morgan fingerprint density at radius 1 is 1.29 bits per heavy atom. The second-order valence-electron chi connectivity index (χ2n) is 6.09. The predicted molar refractivity (Wildman–Crippen MR) is 75.5 cm³/mol. The molecule has 1 unspecified atom stereocenters. The Bertz CT molecular complexity index is 192. The Labute approximate surface area is 108 Å². The number of rotatable bonds is 7. The van der Waals surface area contributed by atoms with Gasteiger partial charge in [-0.3, -0.25) is 0 Å². The van der Waals surface area contributed by atoms with E-state index >= 15 is 0 Å². The second kappa shape index (κ2) is 8.06. The Kier molecular flexibility index (Phi) is 7.09. The Balaban J connectivity index is 2.12. The van der Waals surface area contributed by atoms with Gasteiger partial charge in [-0.05, 0) is 52.4 Å². The molecule has 0 bridgehead atoms. The topological polar surface area (TPSA) is 18.5 Å². The summed E-state index contributed by atoms with van der Waals surface area (Å²) in [5, 5.41) is 3.64. The molecule has 0 amide bonds. The lowest BCUT2D eigenvalue weighted by atomic mass is 10.0. The summed E-state index contributed by atoms with van der Waals surface area (Å²) < 4.78 is 0. The van der Waals surface area contributed by atoms with Crippen molar-refractivity contribution in [3.05, 3.63) is 0 Å². The van der Waals surface area contributed by atoms with Crippen LogP contribution in [0.1, 0.15) is 33.1 Å². The summed E-state index contributed by atoms with van der Waals surface area (Å²) in [4.78, 5) is 4.92. The van der Waals surface area contributed by atoms with Crippen LogP contribution in [-0.4, -0.2) is 62.7 Å². The molecule has 0 spiro atoms. The van der Waals surface area contributed by atoms with E-state index in [9.17, 15) is 0 Å². The zero-order valence-corrected chi connectivity index (χ0v) is 12.2. The number of nitrogens with zero attached hydrogens (tertiary/aromatic N) is 2. The fourth-order valence-corrected chi connectivity index (χ4v) is 2.59. The van der Waals surface area contributed by atoms with Crippen LogP contribution in [-0.2, 0) is 0 Å². The number of nitrogens with one attached hydrogen (secondary N) is 1. The van der Waals surface area contributed by atoms with Crippen LogP contribution in [0.3, 0.4) is 0 Å². The van der Waals surface area contributed by atoms with Crippen LogP contribution in [0.4, 0.5) is 0 Å². The van der Waals surface area contributed by atoms with Crippen molar-refractivity contribution in [2.24, 2.45) is 5.92 Å². The molecular weight excluding hydrogens is 210 g/mol. The van der Waals surface area contributed by atoms with Gasteiger partial charge in [-0.25, -0.2) is 0 Å². The van der Waals surface area contributed by atoms with Crippen LogP contribution in [0, 0.1) is 5.92 Å². The van der Waals surface area contributed by atoms with Crippen LogP contribution >= 0.6 is 0 Å². The molecule has 1 saturated heterocycles. The van der Waals surface area contributed by atoms with Gasteiger partial charge in [0.25, 0.3) is 0 Å². The van der Waals surface area contributed by atoms with Crippen molar-refractivity contribution in [3.8, 4) is 0 Å². The minimum Gasteiger partial charge on any atom is -0.311 e. The highest BCUT2D eigenvalue weighted by atomic mass is 15.2. The summed E-state index contributed by atoms with van der Waals surface area (Å²) in [6.45, 7) is 10.8. The summed E-state index contributed by atoms with van der Waals surface area (Å²) >= 11 is 0. The van der Waals surface area contributed by atoms with Crippen molar-refractivity contribution in [3.63, 3.8) is 0 Å². The molecule has 1 heterocycles. The molecule has 3 heteroatoms. The molecule has 1 aliphatic heterocycles. The van der Waals surface area contributed by atoms with Crippen molar-refractivity contribution < 1.29 is 0 Å². The number of piperazine rings is 1. The van der Waals surface area contributed by atoms with E-state index in [1.54, 1.807) is 0 Å². The molecule has 0 aromatic rings. The van der Waals surface area contributed by atoms with Gasteiger partial charge < -0.3 is 15.1 Å². The maximum Gasteiger partial charge on any atom is 0.0197 e. The van der Waals surface area contributed by atoms with Crippen LogP contribution in [0.25, 0.3) is 0 Å². The predicted octanol–water partition coefficient (Wildman–Crippen LogP) is 1.65. The molecule has 0 radical (unpaired) electrons. The highest BCUT2D eigenvalue weighted by molar-refractivity contribution is 4.79. The summed E-state index contributed by atoms with van der Waals surface area (Å²) in [6.07, 6.45) is 3.98. The molecule has 0 aliphatic carbocycles. The third-order valence-corrected chi connectivity index (χ3v) is 3.43. The van der Waals surface area contributed by atoms with E-state index in [4.69, 9.17) is 0 Å². The standard InChI is InChI=1S/C14H31N3/c1-13(2)11-14-12-17(10-7-15-14)9-6-5-8-16(3)4/h13-15H,5-12H2,1-4H3. The first-order valence-corrected chi connectivity index (χ1v) is 7.18. The third-order valence-electron chi connectivity index (χ3n) is 3.43. The molecule has 1 rings (SSSR count). The van der Waals surface area contributed by atoms with Crippen molar-refractivity contribution >= 4 is 0 Å². The van der Waals surface area contributed by atoms with Crippen molar-refractivity contribution in [1.29, 1.82) is 0 Å². The van der Waals surface area contributed by atoms with E-state index in [0.29, 0.717) is 0 Å². The fourth-order valence-electron chi connectivity index (χ4n) is 2.59. The first-order valence-electron chi connectivity index (χ1n) is 7.18. The zero-order chi connectivity index (χ0) is 12.7. The molecule has 102 valence electrons. The molecule has 0 saturated carbocycles. The Morgan fingerprint density at radius 2 is 2.06 bits per heavy atom. The van der Waals surface area contributed by atoms with Gasteiger partial charge in [0.2, 0.25) is 0 Å². The van der Waals surface area contributed by atoms with Gasteiger partial charge in [0, 0.05) is 25.7 Å². The fraction of sp³-hybridized carbons (Fsp3) is 1.00. The molecular formula is C14H31N3. The van der Waals surface area contributed by atoms with E-state index in [0.717, 1.165) is 12.0 Å². The number of hydrogen-bond acceptors (Lipinski definition) is 3. The summed E-state index contributed by atoms with van der Waals surface area (Å²) in [5.74, 6) is 0.807. The van der Waals surface area contributed by atoms with Crippen LogP contribution in [0.15, 0.2) is 0 Å². The van der Waals surface area contributed by atoms with Crippen molar-refractivity contribution in [1.82, 2.24) is 15.1 Å². The minimum absolute atomic E-state index is 0.720. The molecule has 1 N–H and O–H groups in total. The average molecular weight is 241 g/mol. The van der Waals surface area contributed by atoms with Crippen LogP contribution in [0.2, 0.25) is 0 Å². The van der Waals surface area contributed by atoms with E-state index in [2.05, 4.69) is 43.1 Å². The van der Waals surface area contributed by atoms with Crippen molar-refractivity contribution in [2.75, 3.05) is 46.8 Å². The maximum absolute atomic E-state index is 3.64. The summed E-state index contributed by atoms with van der Waals surface area (Å²) in [7, 11) is 4.31. The van der Waals surface area contributed by atoms with E-state index in [-0.39, 0.29) is 0 Å². The molecule has 3 nitrogen and oxygen atoms in total. The quantitative estimate of drug-likeness (QED) is 0.684. The van der Waals surface area contributed by atoms with Gasteiger partial charge in [-0.2, -0.15) is 0 Å². The SMILES string of the molecule is CC(C)CC1CN(CCCCN(C)C)CCN1. The van der Waals surface area contributed by atoms with E-state index in [1.165, 1.54) is 52.0 Å². The molecule has 1 atom stereocenters. The van der Waals surface area contributed by atoms with Gasteiger partial charge in [0.05, 0.1) is 0 Å². The average Bonchev–Trinajstić information content (AvgIpc) is 2.24. The van der Waals surface area contributed by atoms with Gasteiger partial charge >= 0.3 is 0 Å². The first-order chi connectivity index (χ1) is 8.08. The van der Waals surface area contributed by atoms with Crippen LogP contribution < -0.4 is 5.32 Å². The highest BCUT2D eigenvalue weighted by Gasteiger charge is 2.19. The molecule has 0 aromatic heterocycles. The molecule has 1 fully saturated rings. The van der Waals surface area contributed by atoms with Crippen molar-refractivity contribution in [2.45, 2.75) is 39.2 Å². The maximum atomic E-state index is 3.64. The monoisotopic (exact) mass is 241 g/mol. The first kappa shape index (κ1) is 14.9. The van der Waals surface area contributed by atoms with Gasteiger partial charge in [0.15, 0.2) is 0 Å². The lowest BCUT2D eigenvalue weighted by Crippen LogP contribution is -2.51. The second-order valence-corrected chi connectivity index (χ2v) is 6.09. The van der Waals surface area contributed by atoms with Crippen LogP contribution in [0.5, 0.6) is 0 Å². The van der Waals surface area contributed by atoms with Gasteiger partial charge in [-0.15, -0.1) is 0 Å². The normalized spacial score (nSPS) is 22.6. The lowest BCUT2D eigenvalue weighted by molar-refractivity contribution is 0.182. The Morgan fingerprint density at radius 3 is 2.71 bits per heavy atom. The van der Waals surface area contributed by atoms with E-state index < -0.39 is 0 Å². The van der Waals surface area contributed by atoms with E-state index in [1.807, 2.05) is 0 Å². The lowest BCUT2D eigenvalue weighted by Gasteiger charge is -2.34. The smallest absolute Gasteiger partial charge is 0.0197 e. The summed E-state index contributed by atoms with van der Waals surface area (Å²) in [6, 6.07) is 0.720. The molecule has 0 aromatic carbocycles.